The quantitative estimate of drug-likeness (QED) is 0.774. The van der Waals surface area contributed by atoms with Crippen molar-refractivity contribution in [1.29, 1.82) is 0 Å². The van der Waals surface area contributed by atoms with Crippen LogP contribution in [0.2, 0.25) is 0 Å². The maximum Gasteiger partial charge on any atom is 0.337 e. The lowest BCUT2D eigenvalue weighted by Crippen LogP contribution is -2.40. The number of hydrogen-bond acceptors (Lipinski definition) is 6. The molecule has 124 valence electrons. The number of rotatable bonds is 4. The molecule has 2 fully saturated rings. The Hall–Kier alpha value is -1.92. The van der Waals surface area contributed by atoms with E-state index >= 15 is 0 Å². The average molecular weight is 319 g/mol. The molecule has 2 atom stereocenters. The minimum absolute atomic E-state index is 0.165. The van der Waals surface area contributed by atoms with Crippen LogP contribution in [0, 0.1) is 11.3 Å². The summed E-state index contributed by atoms with van der Waals surface area (Å²) in [4.78, 5) is 26.1. The molecule has 2 heterocycles. The van der Waals surface area contributed by atoms with Crippen LogP contribution >= 0.6 is 0 Å². The molecule has 3 rings (SSSR count). The van der Waals surface area contributed by atoms with Crippen LogP contribution in [0.25, 0.3) is 0 Å². The van der Waals surface area contributed by atoms with Gasteiger partial charge in [0, 0.05) is 25.6 Å². The number of hydrogen-bond donors (Lipinski definition) is 0. The molecule has 1 aromatic carbocycles. The van der Waals surface area contributed by atoms with Crippen LogP contribution in [-0.4, -0.2) is 57.4 Å². The number of benzene rings is 1. The van der Waals surface area contributed by atoms with Crippen molar-refractivity contribution in [2.24, 2.45) is 11.3 Å². The zero-order chi connectivity index (χ0) is 16.4. The van der Waals surface area contributed by atoms with E-state index in [1.165, 1.54) is 14.2 Å². The molecule has 0 bridgehead atoms. The van der Waals surface area contributed by atoms with Crippen molar-refractivity contribution in [3.05, 3.63) is 35.4 Å². The van der Waals surface area contributed by atoms with Gasteiger partial charge in [-0.15, -0.1) is 0 Å². The van der Waals surface area contributed by atoms with Gasteiger partial charge in [-0.1, -0.05) is 12.1 Å². The number of fused-ring (bicyclic) bond motifs is 1. The molecule has 23 heavy (non-hydrogen) atoms. The van der Waals surface area contributed by atoms with E-state index < -0.39 is 5.41 Å². The molecule has 1 aromatic rings. The van der Waals surface area contributed by atoms with Gasteiger partial charge in [0.25, 0.3) is 0 Å². The first-order valence-electron chi connectivity index (χ1n) is 7.65. The van der Waals surface area contributed by atoms with Gasteiger partial charge in [-0.2, -0.15) is 0 Å². The highest BCUT2D eigenvalue weighted by Crippen LogP contribution is 2.42. The molecule has 0 unspecified atom stereocenters. The van der Waals surface area contributed by atoms with Crippen LogP contribution < -0.4 is 0 Å². The Balaban J connectivity index is 1.73. The van der Waals surface area contributed by atoms with E-state index in [4.69, 9.17) is 14.2 Å². The summed E-state index contributed by atoms with van der Waals surface area (Å²) >= 11 is 0. The summed E-state index contributed by atoms with van der Waals surface area (Å²) in [6.45, 7) is 3.10. The Morgan fingerprint density at radius 3 is 2.91 bits per heavy atom. The fraction of sp³-hybridized carbons (Fsp3) is 0.529. The van der Waals surface area contributed by atoms with Crippen LogP contribution in [0.5, 0.6) is 0 Å². The molecule has 0 aromatic heterocycles. The van der Waals surface area contributed by atoms with E-state index in [1.54, 1.807) is 6.07 Å². The van der Waals surface area contributed by atoms with E-state index in [0.717, 1.165) is 12.1 Å². The van der Waals surface area contributed by atoms with Crippen molar-refractivity contribution < 1.29 is 23.8 Å². The highest BCUT2D eigenvalue weighted by Gasteiger charge is 2.56. The number of methoxy groups -OCH3 is 2. The number of nitrogens with zero attached hydrogens (tertiary/aromatic N) is 1. The minimum atomic E-state index is -0.547. The second kappa shape index (κ2) is 6.29. The lowest BCUT2D eigenvalue weighted by atomic mass is 9.81. The largest absolute Gasteiger partial charge is 0.468 e. The van der Waals surface area contributed by atoms with Crippen LogP contribution in [-0.2, 0) is 25.5 Å². The summed E-state index contributed by atoms with van der Waals surface area (Å²) in [7, 11) is 2.80. The molecular formula is C17H21NO5. The number of carbonyl (C=O) groups is 2. The first-order chi connectivity index (χ1) is 11.1. The number of ether oxygens (including phenoxy) is 3. The standard InChI is InChI=1S/C17H21NO5/c1-21-15(19)13-5-3-4-12(6-13)7-18-8-14-9-23-11-17(14,10-18)16(20)22-2/h3-6,14H,7-11H2,1-2H3/t14-,17-/m0/s1. The van der Waals surface area contributed by atoms with Crippen molar-refractivity contribution in [3.8, 4) is 0 Å². The molecule has 2 saturated heterocycles. The van der Waals surface area contributed by atoms with Crippen molar-refractivity contribution in [2.45, 2.75) is 6.54 Å². The third-order valence-electron chi connectivity index (χ3n) is 4.79. The number of carbonyl (C=O) groups excluding carboxylic acids is 2. The summed E-state index contributed by atoms with van der Waals surface area (Å²) in [5.41, 5.74) is 1.01. The molecule has 2 aliphatic rings. The molecule has 0 saturated carbocycles. The second-order valence-corrected chi connectivity index (χ2v) is 6.22. The molecular weight excluding hydrogens is 298 g/mol. The van der Waals surface area contributed by atoms with Crippen molar-refractivity contribution >= 4 is 11.9 Å². The fourth-order valence-corrected chi connectivity index (χ4v) is 3.62. The van der Waals surface area contributed by atoms with Crippen LogP contribution in [0.1, 0.15) is 15.9 Å². The van der Waals surface area contributed by atoms with Gasteiger partial charge in [0.15, 0.2) is 0 Å². The van der Waals surface area contributed by atoms with Crippen molar-refractivity contribution in [2.75, 3.05) is 40.5 Å². The lowest BCUT2D eigenvalue weighted by Gasteiger charge is -2.24. The van der Waals surface area contributed by atoms with Gasteiger partial charge in [0.2, 0.25) is 0 Å². The SMILES string of the molecule is COC(=O)c1cccc(CN2C[C@H]3COC[C@@]3(C(=O)OC)C2)c1. The van der Waals surface area contributed by atoms with E-state index in [2.05, 4.69) is 4.90 Å². The minimum Gasteiger partial charge on any atom is -0.468 e. The Labute approximate surface area is 135 Å². The second-order valence-electron chi connectivity index (χ2n) is 6.22. The third-order valence-corrected chi connectivity index (χ3v) is 4.79. The molecule has 6 nitrogen and oxygen atoms in total. The van der Waals surface area contributed by atoms with Gasteiger partial charge in [-0.05, 0) is 17.7 Å². The highest BCUT2D eigenvalue weighted by atomic mass is 16.5. The maximum absolute atomic E-state index is 12.2. The van der Waals surface area contributed by atoms with E-state index in [9.17, 15) is 9.59 Å². The predicted molar refractivity (Wildman–Crippen MR) is 81.8 cm³/mol. The van der Waals surface area contributed by atoms with Gasteiger partial charge in [0.1, 0.15) is 5.41 Å². The van der Waals surface area contributed by atoms with Gasteiger partial charge in [-0.25, -0.2) is 4.79 Å². The van der Waals surface area contributed by atoms with Crippen molar-refractivity contribution in [3.63, 3.8) is 0 Å². The van der Waals surface area contributed by atoms with Gasteiger partial charge < -0.3 is 14.2 Å². The lowest BCUT2D eigenvalue weighted by molar-refractivity contribution is -0.153. The Morgan fingerprint density at radius 2 is 2.17 bits per heavy atom. The fourth-order valence-electron chi connectivity index (χ4n) is 3.62. The molecule has 6 heteroatoms. The molecule has 0 N–H and O–H groups in total. The van der Waals surface area contributed by atoms with Crippen LogP contribution in [0.15, 0.2) is 24.3 Å². The molecule has 0 spiro atoms. The normalized spacial score (nSPS) is 26.8. The first kappa shape index (κ1) is 16.0. The zero-order valence-electron chi connectivity index (χ0n) is 13.4. The van der Waals surface area contributed by atoms with Crippen molar-refractivity contribution in [1.82, 2.24) is 4.90 Å². The summed E-state index contributed by atoms with van der Waals surface area (Å²) < 4.78 is 15.3. The molecule has 2 aliphatic heterocycles. The monoisotopic (exact) mass is 319 g/mol. The first-order valence-corrected chi connectivity index (χ1v) is 7.65. The smallest absolute Gasteiger partial charge is 0.337 e. The van der Waals surface area contributed by atoms with Crippen LogP contribution in [0.4, 0.5) is 0 Å². The molecule has 0 radical (unpaired) electrons. The maximum atomic E-state index is 12.2. The summed E-state index contributed by atoms with van der Waals surface area (Å²) in [5, 5.41) is 0. The molecule has 0 amide bonds. The molecule has 0 aliphatic carbocycles. The van der Waals surface area contributed by atoms with E-state index in [-0.39, 0.29) is 17.9 Å². The van der Waals surface area contributed by atoms with Gasteiger partial charge in [0.05, 0.1) is 33.0 Å². The Kier molecular flexibility index (Phi) is 4.37. The number of esters is 2. The highest BCUT2D eigenvalue weighted by molar-refractivity contribution is 5.89. The summed E-state index contributed by atoms with van der Waals surface area (Å²) in [6.07, 6.45) is 0. The van der Waals surface area contributed by atoms with Crippen LogP contribution in [0.3, 0.4) is 0 Å². The Morgan fingerprint density at radius 1 is 1.35 bits per heavy atom. The predicted octanol–water partition coefficient (Wildman–Crippen LogP) is 1.09. The zero-order valence-corrected chi connectivity index (χ0v) is 13.4. The van der Waals surface area contributed by atoms with Gasteiger partial charge >= 0.3 is 11.9 Å². The van der Waals surface area contributed by atoms with E-state index in [1.807, 2.05) is 18.2 Å². The summed E-state index contributed by atoms with van der Waals surface area (Å²) in [5.74, 6) is -0.367. The number of likely N-dealkylation sites (tertiary alicyclic amines) is 1. The van der Waals surface area contributed by atoms with Gasteiger partial charge in [-0.3, -0.25) is 9.69 Å². The Bertz CT molecular complexity index is 617. The third kappa shape index (κ3) is 2.84. The summed E-state index contributed by atoms with van der Waals surface area (Å²) in [6, 6.07) is 7.39. The average Bonchev–Trinajstić information content (AvgIpc) is 3.11. The van der Waals surface area contributed by atoms with E-state index in [0.29, 0.717) is 31.9 Å². The topological polar surface area (TPSA) is 65.1 Å².